The van der Waals surface area contributed by atoms with E-state index >= 15 is 0 Å². The molecule has 0 heterocycles. The Morgan fingerprint density at radius 1 is 1.12 bits per heavy atom. The third kappa shape index (κ3) is 2.68. The summed E-state index contributed by atoms with van der Waals surface area (Å²) in [6.45, 7) is 3.91. The quantitative estimate of drug-likeness (QED) is 0.925. The lowest BCUT2D eigenvalue weighted by atomic mass is 9.98. The van der Waals surface area contributed by atoms with E-state index in [2.05, 4.69) is 15.9 Å². The van der Waals surface area contributed by atoms with E-state index in [1.165, 1.54) is 0 Å². The minimum Gasteiger partial charge on any atom is -0.496 e. The summed E-state index contributed by atoms with van der Waals surface area (Å²) in [7, 11) is 3.18. The van der Waals surface area contributed by atoms with Crippen molar-refractivity contribution >= 4 is 15.9 Å². The summed E-state index contributed by atoms with van der Waals surface area (Å²) in [4.78, 5) is 0. The van der Waals surface area contributed by atoms with Crippen LogP contribution in [0.3, 0.4) is 0 Å². The highest BCUT2D eigenvalue weighted by Crippen LogP contribution is 2.37. The first-order chi connectivity index (χ1) is 7.51. The van der Waals surface area contributed by atoms with Crippen molar-refractivity contribution in [3.05, 3.63) is 22.2 Å². The van der Waals surface area contributed by atoms with Crippen molar-refractivity contribution in [1.82, 2.24) is 0 Å². The smallest absolute Gasteiger partial charge is 0.133 e. The summed E-state index contributed by atoms with van der Waals surface area (Å²) in [5, 5.41) is 10.1. The van der Waals surface area contributed by atoms with E-state index in [-0.39, 0.29) is 5.92 Å². The molecule has 0 spiro atoms. The molecule has 90 valence electrons. The highest BCUT2D eigenvalue weighted by atomic mass is 79.9. The standard InChI is InChI=1S/C12H17BrO3/c1-7(2)12(14)8-5-11(16-4)9(13)6-10(8)15-3/h5-7,12,14H,1-4H3. The zero-order valence-electron chi connectivity index (χ0n) is 9.95. The van der Waals surface area contributed by atoms with E-state index < -0.39 is 6.10 Å². The molecule has 3 nitrogen and oxygen atoms in total. The average molecular weight is 289 g/mol. The molecular formula is C12H17BrO3. The lowest BCUT2D eigenvalue weighted by Gasteiger charge is -2.19. The predicted molar refractivity (Wildman–Crippen MR) is 67.0 cm³/mol. The van der Waals surface area contributed by atoms with Crippen molar-refractivity contribution in [2.24, 2.45) is 5.92 Å². The highest BCUT2D eigenvalue weighted by Gasteiger charge is 2.19. The first-order valence-corrected chi connectivity index (χ1v) is 5.90. The molecule has 1 aromatic carbocycles. The van der Waals surface area contributed by atoms with Gasteiger partial charge in [0.05, 0.1) is 24.8 Å². The fourth-order valence-corrected chi connectivity index (χ4v) is 1.96. The average Bonchev–Trinajstić information content (AvgIpc) is 2.27. The summed E-state index contributed by atoms with van der Waals surface area (Å²) in [6, 6.07) is 3.60. The Morgan fingerprint density at radius 3 is 2.12 bits per heavy atom. The van der Waals surface area contributed by atoms with Gasteiger partial charge in [0.1, 0.15) is 11.5 Å². The van der Waals surface area contributed by atoms with Crippen molar-refractivity contribution in [2.45, 2.75) is 20.0 Å². The molecule has 0 bridgehead atoms. The van der Waals surface area contributed by atoms with Gasteiger partial charge in [-0.1, -0.05) is 13.8 Å². The van der Waals surface area contributed by atoms with E-state index in [1.54, 1.807) is 26.4 Å². The molecule has 1 N–H and O–H groups in total. The lowest BCUT2D eigenvalue weighted by molar-refractivity contribution is 0.123. The topological polar surface area (TPSA) is 38.7 Å². The summed E-state index contributed by atoms with van der Waals surface area (Å²) in [6.07, 6.45) is -0.558. The van der Waals surface area contributed by atoms with Gasteiger partial charge in [0, 0.05) is 5.56 Å². The third-order valence-corrected chi connectivity index (χ3v) is 3.07. The van der Waals surface area contributed by atoms with Crippen LogP contribution in [-0.2, 0) is 0 Å². The van der Waals surface area contributed by atoms with E-state index in [0.717, 1.165) is 10.0 Å². The van der Waals surface area contributed by atoms with E-state index in [1.807, 2.05) is 13.8 Å². The Labute approximate surface area is 105 Å². The van der Waals surface area contributed by atoms with E-state index in [4.69, 9.17) is 9.47 Å². The fraction of sp³-hybridized carbons (Fsp3) is 0.500. The van der Waals surface area contributed by atoms with Gasteiger partial charge in [-0.25, -0.2) is 0 Å². The molecule has 1 atom stereocenters. The molecule has 0 radical (unpaired) electrons. The molecule has 0 aliphatic carbocycles. The molecule has 0 aliphatic heterocycles. The maximum atomic E-state index is 10.1. The SMILES string of the molecule is COc1cc(C(O)C(C)C)c(OC)cc1Br. The number of hydrogen-bond donors (Lipinski definition) is 1. The molecule has 0 saturated heterocycles. The second kappa shape index (κ2) is 5.55. The zero-order valence-corrected chi connectivity index (χ0v) is 11.5. The van der Waals surface area contributed by atoms with Crippen molar-refractivity contribution < 1.29 is 14.6 Å². The normalized spacial score (nSPS) is 12.7. The Morgan fingerprint density at radius 2 is 1.69 bits per heavy atom. The number of aliphatic hydroxyl groups excluding tert-OH is 1. The second-order valence-electron chi connectivity index (χ2n) is 3.92. The van der Waals surface area contributed by atoms with Crippen LogP contribution in [0.1, 0.15) is 25.5 Å². The first-order valence-electron chi connectivity index (χ1n) is 5.10. The summed E-state index contributed by atoms with van der Waals surface area (Å²) >= 11 is 3.38. The van der Waals surface area contributed by atoms with Crippen LogP contribution in [0.2, 0.25) is 0 Å². The number of ether oxygens (including phenoxy) is 2. The predicted octanol–water partition coefficient (Wildman–Crippen LogP) is 3.16. The molecule has 0 fully saturated rings. The van der Waals surface area contributed by atoms with Crippen molar-refractivity contribution in [1.29, 1.82) is 0 Å². The number of halogens is 1. The molecular weight excluding hydrogens is 272 g/mol. The maximum absolute atomic E-state index is 10.1. The van der Waals surface area contributed by atoms with Crippen LogP contribution in [0.4, 0.5) is 0 Å². The number of rotatable bonds is 4. The Kier molecular flexibility index (Phi) is 4.62. The van der Waals surface area contributed by atoms with Crippen LogP contribution in [-0.4, -0.2) is 19.3 Å². The molecule has 1 rings (SSSR count). The lowest BCUT2D eigenvalue weighted by Crippen LogP contribution is -2.07. The van der Waals surface area contributed by atoms with Crippen molar-refractivity contribution in [2.75, 3.05) is 14.2 Å². The summed E-state index contributed by atoms with van der Waals surface area (Å²) in [5.41, 5.74) is 0.748. The summed E-state index contributed by atoms with van der Waals surface area (Å²) < 4.78 is 11.3. The number of benzene rings is 1. The zero-order chi connectivity index (χ0) is 12.3. The maximum Gasteiger partial charge on any atom is 0.133 e. The van der Waals surface area contributed by atoms with Gasteiger partial charge in [0.25, 0.3) is 0 Å². The van der Waals surface area contributed by atoms with Gasteiger partial charge in [-0.3, -0.25) is 0 Å². The molecule has 0 saturated carbocycles. The first kappa shape index (κ1) is 13.3. The van der Waals surface area contributed by atoms with Gasteiger partial charge >= 0.3 is 0 Å². The minimum absolute atomic E-state index is 0.125. The monoisotopic (exact) mass is 288 g/mol. The van der Waals surface area contributed by atoms with Gasteiger partial charge in [-0.2, -0.15) is 0 Å². The van der Waals surface area contributed by atoms with Gasteiger partial charge in [-0.15, -0.1) is 0 Å². The van der Waals surface area contributed by atoms with Gasteiger partial charge in [0.15, 0.2) is 0 Å². The van der Waals surface area contributed by atoms with Gasteiger partial charge < -0.3 is 14.6 Å². The third-order valence-electron chi connectivity index (χ3n) is 2.45. The highest BCUT2D eigenvalue weighted by molar-refractivity contribution is 9.10. The van der Waals surface area contributed by atoms with Gasteiger partial charge in [-0.05, 0) is 34.0 Å². The largest absolute Gasteiger partial charge is 0.496 e. The van der Waals surface area contributed by atoms with E-state index in [0.29, 0.717) is 11.5 Å². The van der Waals surface area contributed by atoms with Crippen LogP contribution >= 0.6 is 15.9 Å². The van der Waals surface area contributed by atoms with Crippen LogP contribution in [0, 0.1) is 5.92 Å². The van der Waals surface area contributed by atoms with Crippen molar-refractivity contribution in [3.63, 3.8) is 0 Å². The van der Waals surface area contributed by atoms with Crippen LogP contribution in [0.15, 0.2) is 16.6 Å². The van der Waals surface area contributed by atoms with Crippen molar-refractivity contribution in [3.8, 4) is 11.5 Å². The van der Waals surface area contributed by atoms with E-state index in [9.17, 15) is 5.11 Å². The second-order valence-corrected chi connectivity index (χ2v) is 4.77. The minimum atomic E-state index is -0.558. The Bertz CT molecular complexity index is 364. The number of hydrogen-bond acceptors (Lipinski definition) is 3. The Balaban J connectivity index is 3.24. The van der Waals surface area contributed by atoms with Crippen LogP contribution < -0.4 is 9.47 Å². The Hall–Kier alpha value is -0.740. The molecule has 0 aromatic heterocycles. The molecule has 0 amide bonds. The summed E-state index contributed by atoms with van der Waals surface area (Å²) in [5.74, 6) is 1.48. The fourth-order valence-electron chi connectivity index (χ4n) is 1.47. The molecule has 16 heavy (non-hydrogen) atoms. The van der Waals surface area contributed by atoms with Crippen LogP contribution in [0.25, 0.3) is 0 Å². The van der Waals surface area contributed by atoms with Crippen LogP contribution in [0.5, 0.6) is 11.5 Å². The molecule has 4 heteroatoms. The van der Waals surface area contributed by atoms with Gasteiger partial charge in [0.2, 0.25) is 0 Å². The molecule has 0 aliphatic rings. The number of methoxy groups -OCH3 is 2. The number of aliphatic hydroxyl groups is 1. The molecule has 1 unspecified atom stereocenters. The molecule has 1 aromatic rings.